The second-order valence-corrected chi connectivity index (χ2v) is 4.64. The van der Waals surface area contributed by atoms with E-state index in [1.165, 1.54) is 0 Å². The normalized spacial score (nSPS) is 10.5. The van der Waals surface area contributed by atoms with Crippen LogP contribution in [0, 0.1) is 0 Å². The monoisotopic (exact) mass is 279 g/mol. The molecule has 3 rings (SSSR count). The fourth-order valence-corrected chi connectivity index (χ4v) is 2.13. The van der Waals surface area contributed by atoms with Gasteiger partial charge in [0.2, 0.25) is 0 Å². The van der Waals surface area contributed by atoms with Gasteiger partial charge in [0.25, 0.3) is 0 Å². The third-order valence-corrected chi connectivity index (χ3v) is 3.28. The molecule has 0 aliphatic rings. The van der Waals surface area contributed by atoms with E-state index in [1.54, 1.807) is 12.4 Å². The van der Waals surface area contributed by atoms with Crippen molar-refractivity contribution in [3.05, 3.63) is 60.9 Å². The summed E-state index contributed by atoms with van der Waals surface area (Å²) >= 11 is 0. The summed E-state index contributed by atoms with van der Waals surface area (Å²) in [6.07, 6.45) is 7.39. The number of anilines is 1. The van der Waals surface area contributed by atoms with E-state index in [0.29, 0.717) is 6.54 Å². The Morgan fingerprint density at radius 2 is 1.81 bits per heavy atom. The van der Waals surface area contributed by atoms with Gasteiger partial charge in [-0.05, 0) is 6.92 Å². The molecule has 0 spiro atoms. The first-order chi connectivity index (χ1) is 10.4. The molecule has 0 bridgehead atoms. The summed E-state index contributed by atoms with van der Waals surface area (Å²) in [5, 5.41) is 3.29. The van der Waals surface area contributed by atoms with Crippen molar-refractivity contribution in [3.8, 4) is 11.4 Å². The summed E-state index contributed by atoms with van der Waals surface area (Å²) in [7, 11) is 0. The van der Waals surface area contributed by atoms with Gasteiger partial charge in [-0.3, -0.25) is 0 Å². The number of rotatable bonds is 5. The topological polar surface area (TPSA) is 55.6 Å². The summed E-state index contributed by atoms with van der Waals surface area (Å²) in [5.41, 5.74) is 1.91. The highest BCUT2D eigenvalue weighted by atomic mass is 15.1. The molecule has 1 N–H and O–H groups in total. The third kappa shape index (κ3) is 3.08. The zero-order valence-corrected chi connectivity index (χ0v) is 11.9. The fraction of sp³-hybridized carbons (Fsp3) is 0.188. The molecule has 2 aromatic heterocycles. The van der Waals surface area contributed by atoms with Gasteiger partial charge < -0.3 is 9.88 Å². The van der Waals surface area contributed by atoms with Crippen LogP contribution in [0.3, 0.4) is 0 Å². The van der Waals surface area contributed by atoms with Crippen LogP contribution in [0.1, 0.15) is 12.7 Å². The highest BCUT2D eigenvalue weighted by molar-refractivity contribution is 5.55. The lowest BCUT2D eigenvalue weighted by Gasteiger charge is -2.08. The first-order valence-corrected chi connectivity index (χ1v) is 6.98. The molecule has 0 saturated heterocycles. The number of aryl methyl sites for hydroxylation is 1. The molecular weight excluding hydrogens is 262 g/mol. The maximum atomic E-state index is 4.39. The standard InChI is InChI=1S/C16H17N5/c1-2-21-9-8-17-15(21)12-18-14-10-19-16(20-11-14)13-6-4-3-5-7-13/h3-11,18H,2,12H2,1H3. The van der Waals surface area contributed by atoms with E-state index in [9.17, 15) is 0 Å². The molecule has 0 amide bonds. The lowest BCUT2D eigenvalue weighted by Crippen LogP contribution is -2.08. The molecule has 0 aliphatic carbocycles. The van der Waals surface area contributed by atoms with E-state index in [4.69, 9.17) is 0 Å². The number of hydrogen-bond donors (Lipinski definition) is 1. The predicted molar refractivity (Wildman–Crippen MR) is 82.7 cm³/mol. The average molecular weight is 279 g/mol. The van der Waals surface area contributed by atoms with Crippen LogP contribution >= 0.6 is 0 Å². The molecule has 5 nitrogen and oxygen atoms in total. The summed E-state index contributed by atoms with van der Waals surface area (Å²) in [6, 6.07) is 9.95. The van der Waals surface area contributed by atoms with Gasteiger partial charge in [0.1, 0.15) is 5.82 Å². The van der Waals surface area contributed by atoms with E-state index >= 15 is 0 Å². The van der Waals surface area contributed by atoms with Crippen LogP contribution in [0.4, 0.5) is 5.69 Å². The van der Waals surface area contributed by atoms with Crippen LogP contribution in [0.25, 0.3) is 11.4 Å². The second kappa shape index (κ2) is 6.17. The molecule has 0 unspecified atom stereocenters. The molecule has 0 saturated carbocycles. The quantitative estimate of drug-likeness (QED) is 0.780. The molecule has 5 heteroatoms. The van der Waals surface area contributed by atoms with Crippen molar-refractivity contribution in [2.24, 2.45) is 0 Å². The highest BCUT2D eigenvalue weighted by Crippen LogP contribution is 2.15. The van der Waals surface area contributed by atoms with Crippen LogP contribution in [0.15, 0.2) is 55.1 Å². The molecule has 21 heavy (non-hydrogen) atoms. The highest BCUT2D eigenvalue weighted by Gasteiger charge is 2.03. The summed E-state index contributed by atoms with van der Waals surface area (Å²) < 4.78 is 2.10. The lowest BCUT2D eigenvalue weighted by molar-refractivity contribution is 0.708. The Morgan fingerprint density at radius 1 is 1.05 bits per heavy atom. The largest absolute Gasteiger partial charge is 0.375 e. The summed E-state index contributed by atoms with van der Waals surface area (Å²) in [6.45, 7) is 3.68. The van der Waals surface area contributed by atoms with Crippen molar-refractivity contribution in [1.29, 1.82) is 0 Å². The van der Waals surface area contributed by atoms with Crippen molar-refractivity contribution in [2.75, 3.05) is 5.32 Å². The zero-order valence-electron chi connectivity index (χ0n) is 11.9. The van der Waals surface area contributed by atoms with Crippen molar-refractivity contribution in [2.45, 2.75) is 20.0 Å². The van der Waals surface area contributed by atoms with Gasteiger partial charge in [0.15, 0.2) is 5.82 Å². The lowest BCUT2D eigenvalue weighted by atomic mass is 10.2. The van der Waals surface area contributed by atoms with Gasteiger partial charge in [-0.25, -0.2) is 15.0 Å². The van der Waals surface area contributed by atoms with Gasteiger partial charge in [-0.1, -0.05) is 30.3 Å². The van der Waals surface area contributed by atoms with E-state index in [-0.39, 0.29) is 0 Å². The maximum absolute atomic E-state index is 4.39. The SMILES string of the molecule is CCn1ccnc1CNc1cnc(-c2ccccc2)nc1. The van der Waals surface area contributed by atoms with E-state index < -0.39 is 0 Å². The Bertz CT molecular complexity index is 688. The molecule has 0 atom stereocenters. The smallest absolute Gasteiger partial charge is 0.159 e. The van der Waals surface area contributed by atoms with Crippen LogP contribution in [-0.2, 0) is 13.1 Å². The molecule has 0 radical (unpaired) electrons. The Balaban J connectivity index is 1.68. The maximum Gasteiger partial charge on any atom is 0.159 e. The number of hydrogen-bond acceptors (Lipinski definition) is 4. The Morgan fingerprint density at radius 3 is 2.52 bits per heavy atom. The molecule has 0 fully saturated rings. The molecular formula is C16H17N5. The van der Waals surface area contributed by atoms with Crippen molar-refractivity contribution < 1.29 is 0 Å². The van der Waals surface area contributed by atoms with Gasteiger partial charge in [-0.2, -0.15) is 0 Å². The molecule has 1 aromatic carbocycles. The molecule has 2 heterocycles. The number of imidazole rings is 1. The Hall–Kier alpha value is -2.69. The van der Waals surface area contributed by atoms with Crippen LogP contribution in [0.2, 0.25) is 0 Å². The third-order valence-electron chi connectivity index (χ3n) is 3.28. The number of benzene rings is 1. The zero-order chi connectivity index (χ0) is 14.5. The average Bonchev–Trinajstić information content (AvgIpc) is 3.02. The number of aromatic nitrogens is 4. The van der Waals surface area contributed by atoms with Crippen molar-refractivity contribution in [3.63, 3.8) is 0 Å². The van der Waals surface area contributed by atoms with Gasteiger partial charge in [0.05, 0.1) is 24.6 Å². The van der Waals surface area contributed by atoms with Crippen LogP contribution in [-0.4, -0.2) is 19.5 Å². The fourth-order valence-electron chi connectivity index (χ4n) is 2.13. The molecule has 3 aromatic rings. The van der Waals surface area contributed by atoms with E-state index in [1.807, 2.05) is 42.7 Å². The molecule has 106 valence electrons. The minimum atomic E-state index is 0.662. The molecule has 0 aliphatic heterocycles. The summed E-state index contributed by atoms with van der Waals surface area (Å²) in [4.78, 5) is 13.1. The first-order valence-electron chi connectivity index (χ1n) is 6.98. The minimum Gasteiger partial charge on any atom is -0.375 e. The summed E-state index contributed by atoms with van der Waals surface area (Å²) in [5.74, 6) is 1.74. The minimum absolute atomic E-state index is 0.662. The Labute approximate surface area is 123 Å². The number of nitrogens with zero attached hydrogens (tertiary/aromatic N) is 4. The van der Waals surface area contributed by atoms with Gasteiger partial charge >= 0.3 is 0 Å². The Kier molecular flexibility index (Phi) is 3.91. The van der Waals surface area contributed by atoms with Crippen molar-refractivity contribution in [1.82, 2.24) is 19.5 Å². The number of nitrogens with one attached hydrogen (secondary N) is 1. The first kappa shape index (κ1) is 13.3. The van der Waals surface area contributed by atoms with E-state index in [2.05, 4.69) is 31.8 Å². The van der Waals surface area contributed by atoms with Crippen molar-refractivity contribution >= 4 is 5.69 Å². The van der Waals surface area contributed by atoms with Crippen LogP contribution in [0.5, 0.6) is 0 Å². The van der Waals surface area contributed by atoms with Gasteiger partial charge in [0, 0.05) is 24.5 Å². The second-order valence-electron chi connectivity index (χ2n) is 4.64. The van der Waals surface area contributed by atoms with E-state index in [0.717, 1.165) is 29.4 Å². The van der Waals surface area contributed by atoms with Crippen LogP contribution < -0.4 is 5.32 Å². The van der Waals surface area contributed by atoms with Gasteiger partial charge in [-0.15, -0.1) is 0 Å². The predicted octanol–water partition coefficient (Wildman–Crippen LogP) is 2.97.